The van der Waals surface area contributed by atoms with Crippen LogP contribution in [0.15, 0.2) is 0 Å². The van der Waals surface area contributed by atoms with Gasteiger partial charge in [0, 0.05) is 18.6 Å². The topological polar surface area (TPSA) is 58.4 Å². The Morgan fingerprint density at radius 3 is 2.63 bits per heavy atom. The van der Waals surface area contributed by atoms with Crippen molar-refractivity contribution in [3.63, 3.8) is 0 Å². The van der Waals surface area contributed by atoms with E-state index in [-0.39, 0.29) is 5.91 Å². The minimum Gasteiger partial charge on any atom is -0.368 e. The van der Waals surface area contributed by atoms with E-state index in [1.165, 1.54) is 32.2 Å². The number of likely N-dealkylation sites (tertiary alicyclic amines) is 1. The number of nitrogens with one attached hydrogen (secondary N) is 1. The summed E-state index contributed by atoms with van der Waals surface area (Å²) in [6.07, 6.45) is 5.76. The van der Waals surface area contributed by atoms with Crippen molar-refractivity contribution in [1.82, 2.24) is 10.2 Å². The van der Waals surface area contributed by atoms with E-state index in [1.54, 1.807) is 0 Å². The molecule has 1 amide bonds. The van der Waals surface area contributed by atoms with E-state index in [0.29, 0.717) is 18.0 Å². The highest BCUT2D eigenvalue weighted by atomic mass is 16.1. The zero-order chi connectivity index (χ0) is 14.0. The predicted octanol–water partition coefficient (Wildman–Crippen LogP) is 1.49. The Morgan fingerprint density at radius 2 is 2.11 bits per heavy atom. The molecule has 1 aliphatic carbocycles. The van der Waals surface area contributed by atoms with E-state index in [4.69, 9.17) is 5.73 Å². The number of amides is 1. The highest BCUT2D eigenvalue weighted by Crippen LogP contribution is 2.27. The molecule has 2 atom stereocenters. The molecule has 1 heterocycles. The molecule has 0 aromatic carbocycles. The summed E-state index contributed by atoms with van der Waals surface area (Å²) < 4.78 is 0. The van der Waals surface area contributed by atoms with Crippen molar-refractivity contribution in [2.24, 2.45) is 11.7 Å². The lowest BCUT2D eigenvalue weighted by atomic mass is 9.95. The molecule has 0 spiro atoms. The number of carbonyl (C=O) groups is 1. The number of carbonyl (C=O) groups excluding carboxylic acids is 1. The number of hydrogen-bond acceptors (Lipinski definition) is 3. The minimum absolute atomic E-state index is 0.209. The van der Waals surface area contributed by atoms with Gasteiger partial charge in [-0.25, -0.2) is 0 Å². The molecule has 2 fully saturated rings. The van der Waals surface area contributed by atoms with E-state index >= 15 is 0 Å². The highest BCUT2D eigenvalue weighted by Gasteiger charge is 2.38. The summed E-state index contributed by atoms with van der Waals surface area (Å²) in [5, 5.41) is 3.43. The van der Waals surface area contributed by atoms with Gasteiger partial charge in [0.1, 0.15) is 0 Å². The Kier molecular flexibility index (Phi) is 4.51. The van der Waals surface area contributed by atoms with Crippen LogP contribution in [0.2, 0.25) is 0 Å². The van der Waals surface area contributed by atoms with E-state index in [2.05, 4.69) is 24.1 Å². The Hall–Kier alpha value is -0.610. The van der Waals surface area contributed by atoms with Crippen LogP contribution in [0.1, 0.15) is 52.9 Å². The summed E-state index contributed by atoms with van der Waals surface area (Å²) in [4.78, 5) is 14.3. The average Bonchev–Trinajstić information content (AvgIpc) is 3.00. The van der Waals surface area contributed by atoms with Crippen LogP contribution in [-0.2, 0) is 4.79 Å². The van der Waals surface area contributed by atoms with Crippen LogP contribution in [0.5, 0.6) is 0 Å². The first kappa shape index (κ1) is 14.8. The molecule has 4 heteroatoms. The number of hydrogen-bond donors (Lipinski definition) is 2. The minimum atomic E-state index is -0.536. The van der Waals surface area contributed by atoms with Crippen molar-refractivity contribution in [1.29, 1.82) is 0 Å². The molecule has 2 unspecified atom stereocenters. The first-order valence-corrected chi connectivity index (χ1v) is 7.74. The largest absolute Gasteiger partial charge is 0.368 e. The molecule has 19 heavy (non-hydrogen) atoms. The fourth-order valence-electron chi connectivity index (χ4n) is 3.20. The fraction of sp³-hybridized carbons (Fsp3) is 0.933. The van der Waals surface area contributed by atoms with Crippen LogP contribution in [-0.4, -0.2) is 41.5 Å². The molecule has 0 aromatic heterocycles. The second-order valence-corrected chi connectivity index (χ2v) is 6.85. The van der Waals surface area contributed by atoms with Crippen molar-refractivity contribution in [2.45, 2.75) is 70.5 Å². The Morgan fingerprint density at radius 1 is 1.42 bits per heavy atom. The number of primary amides is 1. The fourth-order valence-corrected chi connectivity index (χ4v) is 3.20. The molecule has 4 nitrogen and oxygen atoms in total. The molecular formula is C15H29N3O. The molecule has 1 saturated heterocycles. The molecular weight excluding hydrogens is 238 g/mol. The van der Waals surface area contributed by atoms with E-state index in [9.17, 15) is 4.79 Å². The van der Waals surface area contributed by atoms with Gasteiger partial charge < -0.3 is 16.0 Å². The average molecular weight is 267 g/mol. The SMILES string of the molecule is CC(C)C1CCCN1CCC(C)(NC1CC1)C(N)=O. The second kappa shape index (κ2) is 5.80. The van der Waals surface area contributed by atoms with Gasteiger partial charge in [-0.2, -0.15) is 0 Å². The number of nitrogens with zero attached hydrogens (tertiary/aromatic N) is 1. The zero-order valence-electron chi connectivity index (χ0n) is 12.6. The maximum Gasteiger partial charge on any atom is 0.237 e. The van der Waals surface area contributed by atoms with E-state index < -0.39 is 5.54 Å². The number of nitrogens with two attached hydrogens (primary N) is 1. The van der Waals surface area contributed by atoms with Gasteiger partial charge in [-0.3, -0.25) is 4.79 Å². The van der Waals surface area contributed by atoms with Crippen molar-refractivity contribution >= 4 is 5.91 Å². The monoisotopic (exact) mass is 267 g/mol. The summed E-state index contributed by atoms with van der Waals surface area (Å²) in [5.74, 6) is 0.485. The smallest absolute Gasteiger partial charge is 0.237 e. The van der Waals surface area contributed by atoms with Gasteiger partial charge in [0.05, 0.1) is 5.54 Å². The standard InChI is InChI=1S/C15H29N3O/c1-11(2)13-5-4-9-18(13)10-8-15(3,14(16)19)17-12-6-7-12/h11-13,17H,4-10H2,1-3H3,(H2,16,19). The van der Waals surface area contributed by atoms with Crippen molar-refractivity contribution < 1.29 is 4.79 Å². The lowest BCUT2D eigenvalue weighted by Gasteiger charge is -2.33. The summed E-state index contributed by atoms with van der Waals surface area (Å²) >= 11 is 0. The quantitative estimate of drug-likeness (QED) is 0.735. The molecule has 1 aliphatic heterocycles. The zero-order valence-corrected chi connectivity index (χ0v) is 12.6. The van der Waals surface area contributed by atoms with E-state index in [1.807, 2.05) is 6.92 Å². The van der Waals surface area contributed by atoms with Gasteiger partial charge in [0.2, 0.25) is 5.91 Å². The van der Waals surface area contributed by atoms with E-state index in [0.717, 1.165) is 13.0 Å². The van der Waals surface area contributed by atoms with Crippen LogP contribution < -0.4 is 11.1 Å². The maximum atomic E-state index is 11.7. The predicted molar refractivity (Wildman–Crippen MR) is 77.8 cm³/mol. The van der Waals surface area contributed by atoms with Gasteiger partial charge in [-0.15, -0.1) is 0 Å². The third-order valence-corrected chi connectivity index (χ3v) is 4.73. The third kappa shape index (κ3) is 3.69. The molecule has 0 radical (unpaired) electrons. The van der Waals surface area contributed by atoms with Crippen LogP contribution in [0.25, 0.3) is 0 Å². The number of rotatable bonds is 7. The van der Waals surface area contributed by atoms with Crippen LogP contribution in [0.3, 0.4) is 0 Å². The third-order valence-electron chi connectivity index (χ3n) is 4.73. The first-order valence-electron chi connectivity index (χ1n) is 7.74. The molecule has 0 aromatic rings. The highest BCUT2D eigenvalue weighted by molar-refractivity contribution is 5.84. The Balaban J connectivity index is 1.89. The summed E-state index contributed by atoms with van der Waals surface area (Å²) in [6.45, 7) is 8.69. The van der Waals surface area contributed by atoms with Crippen molar-refractivity contribution in [3.05, 3.63) is 0 Å². The van der Waals surface area contributed by atoms with Crippen molar-refractivity contribution in [3.8, 4) is 0 Å². The van der Waals surface area contributed by atoms with Gasteiger partial charge in [0.15, 0.2) is 0 Å². The molecule has 1 saturated carbocycles. The Labute approximate surface area is 117 Å². The summed E-state index contributed by atoms with van der Waals surface area (Å²) in [5.41, 5.74) is 5.07. The van der Waals surface area contributed by atoms with Crippen molar-refractivity contribution in [2.75, 3.05) is 13.1 Å². The summed E-state index contributed by atoms with van der Waals surface area (Å²) in [7, 11) is 0. The van der Waals surface area contributed by atoms with Gasteiger partial charge >= 0.3 is 0 Å². The van der Waals surface area contributed by atoms with Crippen LogP contribution in [0, 0.1) is 5.92 Å². The molecule has 2 aliphatic rings. The lowest BCUT2D eigenvalue weighted by Crippen LogP contribution is -2.55. The lowest BCUT2D eigenvalue weighted by molar-refractivity contribution is -0.124. The van der Waals surface area contributed by atoms with Gasteiger partial charge in [0.25, 0.3) is 0 Å². The molecule has 0 bridgehead atoms. The van der Waals surface area contributed by atoms with Gasteiger partial charge in [-0.05, 0) is 51.5 Å². The summed E-state index contributed by atoms with van der Waals surface area (Å²) in [6, 6.07) is 1.19. The van der Waals surface area contributed by atoms with Crippen LogP contribution >= 0.6 is 0 Å². The second-order valence-electron chi connectivity index (χ2n) is 6.85. The van der Waals surface area contributed by atoms with Gasteiger partial charge in [-0.1, -0.05) is 13.8 Å². The molecule has 2 rings (SSSR count). The molecule has 3 N–H and O–H groups in total. The Bertz CT molecular complexity index is 327. The maximum absolute atomic E-state index is 11.7. The first-order chi connectivity index (χ1) is 8.92. The van der Waals surface area contributed by atoms with Crippen LogP contribution in [0.4, 0.5) is 0 Å². The normalized spacial score (nSPS) is 27.7. The molecule has 110 valence electrons.